The maximum atomic E-state index is 13.3. The molecule has 0 radical (unpaired) electrons. The first-order chi connectivity index (χ1) is 27.0. The lowest BCUT2D eigenvalue weighted by atomic mass is 10.1. The summed E-state index contributed by atoms with van der Waals surface area (Å²) in [5.74, 6) is -1.73. The summed E-state index contributed by atoms with van der Waals surface area (Å²) in [6, 6.07) is 19.9. The quantitative estimate of drug-likeness (QED) is 0.0828. The molecule has 58 heavy (non-hydrogen) atoms. The molecule has 6 aromatic carbocycles. The van der Waals surface area contributed by atoms with Crippen molar-refractivity contribution in [3.05, 3.63) is 120 Å². The van der Waals surface area contributed by atoms with Crippen LogP contribution in [0.1, 0.15) is 20.7 Å². The zero-order chi connectivity index (χ0) is 42.4. The summed E-state index contributed by atoms with van der Waals surface area (Å²) < 4.78 is 133. The van der Waals surface area contributed by atoms with Crippen molar-refractivity contribution < 1.29 is 66.3 Å². The molecule has 0 aromatic heterocycles. The SMILES string of the molecule is O=C(Nc1cccc(C(=O)Nc2cc(S(=O)(=O)O)cc3ccc(S(=O)(=O)O)cc23)c1)Nc1cccc(C(=O)Nc2cc(S(=O)(=O)O)cc3ccc(S(=O)(=O)O)cc23)c1. The van der Waals surface area contributed by atoms with Gasteiger partial charge in [0.2, 0.25) is 0 Å². The van der Waals surface area contributed by atoms with Crippen LogP contribution in [-0.2, 0) is 40.5 Å². The Morgan fingerprint density at radius 3 is 1.10 bits per heavy atom. The molecule has 0 aliphatic rings. The van der Waals surface area contributed by atoms with E-state index in [0.717, 1.165) is 60.7 Å². The van der Waals surface area contributed by atoms with Crippen molar-refractivity contribution >= 4 is 103 Å². The topological polar surface area (TPSA) is 317 Å². The van der Waals surface area contributed by atoms with Gasteiger partial charge in [-0.3, -0.25) is 27.8 Å². The van der Waals surface area contributed by atoms with Crippen molar-refractivity contribution in [1.29, 1.82) is 0 Å². The van der Waals surface area contributed by atoms with Gasteiger partial charge in [-0.25, -0.2) is 4.79 Å². The van der Waals surface area contributed by atoms with E-state index in [1.165, 1.54) is 48.5 Å². The third-order valence-electron chi connectivity index (χ3n) is 8.25. The van der Waals surface area contributed by atoms with Gasteiger partial charge in [0, 0.05) is 33.3 Å². The molecule has 0 aliphatic heterocycles. The number of amides is 4. The first-order valence-corrected chi connectivity index (χ1v) is 21.7. The zero-order valence-corrected chi connectivity index (χ0v) is 32.1. The fraction of sp³-hybridized carbons (Fsp3) is 0. The molecule has 300 valence electrons. The van der Waals surface area contributed by atoms with Crippen LogP contribution in [0.15, 0.2) is 129 Å². The number of hydrogen-bond acceptors (Lipinski definition) is 11. The summed E-state index contributed by atoms with van der Waals surface area (Å²) in [5.41, 5.74) is -0.520. The lowest BCUT2D eigenvalue weighted by Crippen LogP contribution is -2.20. The fourth-order valence-electron chi connectivity index (χ4n) is 5.60. The highest BCUT2D eigenvalue weighted by molar-refractivity contribution is 7.86. The molecule has 0 saturated carbocycles. The molecule has 0 heterocycles. The lowest BCUT2D eigenvalue weighted by molar-refractivity contribution is 0.101. The third-order valence-corrected chi connectivity index (χ3v) is 11.6. The maximum Gasteiger partial charge on any atom is 0.323 e. The number of anilines is 4. The molecule has 0 bridgehead atoms. The zero-order valence-electron chi connectivity index (χ0n) is 28.8. The molecule has 8 N–H and O–H groups in total. The number of urea groups is 1. The average molecular weight is 871 g/mol. The second-order valence-electron chi connectivity index (χ2n) is 12.3. The second kappa shape index (κ2) is 15.2. The largest absolute Gasteiger partial charge is 0.323 e. The van der Waals surface area contributed by atoms with Gasteiger partial charge in [-0.05, 0) is 95.7 Å². The number of benzene rings is 6. The predicted octanol–water partition coefficient (Wildman–Crippen LogP) is 5.13. The minimum absolute atomic E-state index is 0.00768. The first-order valence-electron chi connectivity index (χ1n) is 15.9. The molecule has 19 nitrogen and oxygen atoms in total. The molecule has 0 fully saturated rings. The van der Waals surface area contributed by atoms with Crippen molar-refractivity contribution in [3.63, 3.8) is 0 Å². The molecule has 6 rings (SSSR count). The van der Waals surface area contributed by atoms with Gasteiger partial charge in [-0.2, -0.15) is 33.7 Å². The Morgan fingerprint density at radius 2 is 0.759 bits per heavy atom. The first kappa shape index (κ1) is 41.3. The molecule has 0 spiro atoms. The average Bonchev–Trinajstić information content (AvgIpc) is 3.13. The predicted molar refractivity (Wildman–Crippen MR) is 209 cm³/mol. The summed E-state index contributed by atoms with van der Waals surface area (Å²) in [4.78, 5) is 37.3. The fourth-order valence-corrected chi connectivity index (χ4v) is 7.70. The molecular weight excluding hydrogens is 845 g/mol. The highest BCUT2D eigenvalue weighted by atomic mass is 32.2. The van der Waals surface area contributed by atoms with Crippen molar-refractivity contribution in [3.8, 4) is 0 Å². The van der Waals surface area contributed by atoms with E-state index >= 15 is 0 Å². The van der Waals surface area contributed by atoms with Crippen molar-refractivity contribution in [2.24, 2.45) is 0 Å². The Kier molecular flexibility index (Phi) is 10.8. The minimum Gasteiger partial charge on any atom is -0.321 e. The van der Waals surface area contributed by atoms with Crippen LogP contribution >= 0.6 is 0 Å². The lowest BCUT2D eigenvalue weighted by Gasteiger charge is -2.13. The van der Waals surface area contributed by atoms with Gasteiger partial charge in [0.15, 0.2) is 0 Å². The molecule has 23 heteroatoms. The summed E-state index contributed by atoms with van der Waals surface area (Å²) in [7, 11) is -19.0. The van der Waals surface area contributed by atoms with Gasteiger partial charge in [0.05, 0.1) is 31.0 Å². The Hall–Kier alpha value is -6.31. The van der Waals surface area contributed by atoms with E-state index in [1.807, 2.05) is 0 Å². The van der Waals surface area contributed by atoms with Gasteiger partial charge in [0.25, 0.3) is 52.3 Å². The second-order valence-corrected chi connectivity index (χ2v) is 17.9. The number of rotatable bonds is 10. The van der Waals surface area contributed by atoms with Crippen LogP contribution in [-0.4, -0.2) is 69.7 Å². The van der Waals surface area contributed by atoms with E-state index in [1.54, 1.807) is 0 Å². The molecule has 6 aromatic rings. The van der Waals surface area contributed by atoms with E-state index in [0.29, 0.717) is 0 Å². The number of fused-ring (bicyclic) bond motifs is 2. The van der Waals surface area contributed by atoms with E-state index in [2.05, 4.69) is 21.3 Å². The van der Waals surface area contributed by atoms with Gasteiger partial charge in [-0.15, -0.1) is 0 Å². The van der Waals surface area contributed by atoms with Gasteiger partial charge in [-0.1, -0.05) is 24.3 Å². The van der Waals surface area contributed by atoms with Crippen molar-refractivity contribution in [2.45, 2.75) is 19.6 Å². The van der Waals surface area contributed by atoms with E-state index in [4.69, 9.17) is 0 Å². The Morgan fingerprint density at radius 1 is 0.397 bits per heavy atom. The highest BCUT2D eigenvalue weighted by Gasteiger charge is 2.21. The molecule has 0 unspecified atom stereocenters. The molecule has 4 amide bonds. The Labute approximate surface area is 328 Å². The summed E-state index contributed by atoms with van der Waals surface area (Å²) in [6.07, 6.45) is 0. The van der Waals surface area contributed by atoms with Crippen LogP contribution in [0.4, 0.5) is 27.5 Å². The summed E-state index contributed by atoms with van der Waals surface area (Å²) >= 11 is 0. The normalized spacial score (nSPS) is 12.2. The van der Waals surface area contributed by atoms with Gasteiger partial charge in [0.1, 0.15) is 0 Å². The standard InChI is InChI=1S/C35H26N4O15S4/c40-33(38-31-17-27(57(49,50)51)13-19-7-9-25(15-29(19)31)55(43,44)45)21-3-1-5-23(11-21)36-35(42)37-24-6-2-4-22(12-24)34(41)39-32-18-28(58(52,53)54)14-20-8-10-26(16-30(20)32)56(46,47)48/h1-18H,(H,38,40)(H,39,41)(H2,36,37,42)(H,43,44,45)(H,46,47,48)(H,49,50,51)(H,52,53,54). The number of hydrogen-bond donors (Lipinski definition) is 8. The number of nitrogens with one attached hydrogen (secondary N) is 4. The summed E-state index contributed by atoms with van der Waals surface area (Å²) in [5, 5.41) is 10.0. The van der Waals surface area contributed by atoms with Crippen LogP contribution in [0.25, 0.3) is 21.5 Å². The maximum absolute atomic E-state index is 13.3. The van der Waals surface area contributed by atoms with E-state index < -0.39 is 77.9 Å². The van der Waals surface area contributed by atoms with Crippen LogP contribution in [0.3, 0.4) is 0 Å². The van der Waals surface area contributed by atoms with Gasteiger partial charge >= 0.3 is 6.03 Å². The van der Waals surface area contributed by atoms with Crippen LogP contribution in [0, 0.1) is 0 Å². The Bertz CT molecular complexity index is 2980. The summed E-state index contributed by atoms with van der Waals surface area (Å²) in [6.45, 7) is 0. The van der Waals surface area contributed by atoms with E-state index in [9.17, 15) is 66.3 Å². The molecule has 0 saturated heterocycles. The van der Waals surface area contributed by atoms with Crippen LogP contribution in [0.5, 0.6) is 0 Å². The number of carbonyl (C=O) groups is 3. The van der Waals surface area contributed by atoms with Crippen LogP contribution in [0.2, 0.25) is 0 Å². The smallest absolute Gasteiger partial charge is 0.321 e. The number of carbonyl (C=O) groups excluding carboxylic acids is 3. The molecular formula is C35H26N4O15S4. The van der Waals surface area contributed by atoms with Gasteiger partial charge < -0.3 is 21.3 Å². The van der Waals surface area contributed by atoms with Crippen molar-refractivity contribution in [2.75, 3.05) is 21.3 Å². The molecule has 0 atom stereocenters. The Balaban J connectivity index is 1.20. The highest BCUT2D eigenvalue weighted by Crippen LogP contribution is 2.32. The third kappa shape index (κ3) is 9.44. The minimum atomic E-state index is -4.79. The van der Waals surface area contributed by atoms with Crippen LogP contribution < -0.4 is 21.3 Å². The molecule has 0 aliphatic carbocycles. The van der Waals surface area contributed by atoms with E-state index in [-0.39, 0.29) is 55.4 Å². The monoisotopic (exact) mass is 870 g/mol. The van der Waals surface area contributed by atoms with Crippen molar-refractivity contribution in [1.82, 2.24) is 0 Å².